The minimum Gasteiger partial charge on any atom is -0.373 e. The van der Waals surface area contributed by atoms with Crippen LogP contribution in [0.25, 0.3) is 16.8 Å². The molecule has 1 aromatic carbocycles. The zero-order valence-corrected chi connectivity index (χ0v) is 21.3. The van der Waals surface area contributed by atoms with Crippen molar-refractivity contribution in [3.05, 3.63) is 96.7 Å². The third-order valence-corrected chi connectivity index (χ3v) is 7.71. The second-order valence-corrected chi connectivity index (χ2v) is 10.4. The lowest BCUT2D eigenvalue weighted by molar-refractivity contribution is 0.00407. The highest BCUT2D eigenvalue weighted by Crippen LogP contribution is 2.39. The molecule has 190 valence electrons. The van der Waals surface area contributed by atoms with Gasteiger partial charge in [0.1, 0.15) is 5.82 Å². The van der Waals surface area contributed by atoms with Gasteiger partial charge in [-0.3, -0.25) is 9.59 Å². The van der Waals surface area contributed by atoms with Crippen LogP contribution in [0.3, 0.4) is 0 Å². The van der Waals surface area contributed by atoms with Crippen LogP contribution in [0.5, 0.6) is 0 Å². The Morgan fingerprint density at radius 3 is 2.62 bits per heavy atom. The molecule has 3 aromatic heterocycles. The fraction of sp³-hybridized carbons (Fsp3) is 0.357. The van der Waals surface area contributed by atoms with E-state index in [0.717, 1.165) is 18.4 Å². The van der Waals surface area contributed by atoms with E-state index < -0.39 is 5.82 Å². The summed E-state index contributed by atoms with van der Waals surface area (Å²) in [5, 5.41) is 5.00. The van der Waals surface area contributed by atoms with Gasteiger partial charge in [-0.05, 0) is 75.4 Å². The molecule has 7 nitrogen and oxygen atoms in total. The number of aromatic nitrogens is 4. The van der Waals surface area contributed by atoms with Gasteiger partial charge in [0, 0.05) is 58.2 Å². The summed E-state index contributed by atoms with van der Waals surface area (Å²) in [7, 11) is 0. The van der Waals surface area contributed by atoms with Gasteiger partial charge in [0.25, 0.3) is 11.1 Å². The number of ether oxygens (including phenoxy) is 1. The second kappa shape index (κ2) is 9.19. The van der Waals surface area contributed by atoms with Crippen molar-refractivity contribution in [3.8, 4) is 11.1 Å². The summed E-state index contributed by atoms with van der Waals surface area (Å²) in [6.45, 7) is 3.98. The standard InChI is InChI=1S/C28H26ClFN4O3/c1-15-16(2)31-27-22(21-7-4-19(29)12-23(21)30)13-24(32-34(27)28(15)36)17-9-10-37-25(11-17)18-3-8-26(35)33(14-18)20-5-6-20/h3-4,7-8,12-14,17,20,25H,5-6,9-11H2,1-2H3/t17-,25+/m0/s1. The zero-order chi connectivity index (χ0) is 25.8. The van der Waals surface area contributed by atoms with Crippen LogP contribution in [0.1, 0.15) is 66.3 Å². The van der Waals surface area contributed by atoms with Crippen molar-refractivity contribution in [3.63, 3.8) is 0 Å². The molecule has 2 fully saturated rings. The molecule has 2 atom stereocenters. The first-order valence-electron chi connectivity index (χ1n) is 12.5. The first-order chi connectivity index (χ1) is 17.8. The highest BCUT2D eigenvalue weighted by atomic mass is 35.5. The van der Waals surface area contributed by atoms with Gasteiger partial charge < -0.3 is 9.30 Å². The number of hydrogen-bond acceptors (Lipinski definition) is 5. The van der Waals surface area contributed by atoms with Crippen LogP contribution in [-0.4, -0.2) is 25.8 Å². The molecule has 1 aliphatic heterocycles. The SMILES string of the molecule is Cc1nc2c(-c3ccc(Cl)cc3F)cc([C@H]3CCO[C@@H](c4ccc(=O)n(C5CC5)c4)C3)nn2c(=O)c1C. The second-order valence-electron chi connectivity index (χ2n) is 9.99. The van der Waals surface area contributed by atoms with E-state index in [1.807, 2.05) is 18.3 Å². The van der Waals surface area contributed by atoms with Gasteiger partial charge in [-0.25, -0.2) is 9.37 Å². The summed E-state index contributed by atoms with van der Waals surface area (Å²) >= 11 is 6.01. The van der Waals surface area contributed by atoms with E-state index in [4.69, 9.17) is 21.4 Å². The molecule has 0 spiro atoms. The number of pyridine rings is 1. The monoisotopic (exact) mass is 520 g/mol. The van der Waals surface area contributed by atoms with Crippen molar-refractivity contribution < 1.29 is 9.13 Å². The van der Waals surface area contributed by atoms with E-state index in [9.17, 15) is 9.59 Å². The Hall–Kier alpha value is -3.36. The van der Waals surface area contributed by atoms with E-state index in [1.54, 1.807) is 36.6 Å². The minimum atomic E-state index is -0.494. The lowest BCUT2D eigenvalue weighted by Gasteiger charge is -2.30. The molecule has 37 heavy (non-hydrogen) atoms. The van der Waals surface area contributed by atoms with Gasteiger partial charge in [0.15, 0.2) is 5.65 Å². The van der Waals surface area contributed by atoms with Gasteiger partial charge in [0.05, 0.1) is 11.8 Å². The Kier molecular flexibility index (Phi) is 5.96. The average Bonchev–Trinajstić information content (AvgIpc) is 3.73. The molecule has 0 unspecified atom stereocenters. The third kappa shape index (κ3) is 4.38. The molecular formula is C28H26ClFN4O3. The van der Waals surface area contributed by atoms with E-state index >= 15 is 4.39 Å². The van der Waals surface area contributed by atoms with Crippen molar-refractivity contribution in [1.82, 2.24) is 19.2 Å². The summed E-state index contributed by atoms with van der Waals surface area (Å²) in [6, 6.07) is 10.0. The van der Waals surface area contributed by atoms with Crippen molar-refractivity contribution >= 4 is 17.2 Å². The first-order valence-corrected chi connectivity index (χ1v) is 12.9. The van der Waals surface area contributed by atoms with Crippen molar-refractivity contribution in [2.75, 3.05) is 6.61 Å². The fourth-order valence-electron chi connectivity index (χ4n) is 5.08. The summed E-state index contributed by atoms with van der Waals surface area (Å²) in [6.07, 6.45) is 5.06. The summed E-state index contributed by atoms with van der Waals surface area (Å²) in [5.74, 6) is -0.529. The molecule has 9 heteroatoms. The third-order valence-electron chi connectivity index (χ3n) is 7.48. The molecule has 0 amide bonds. The van der Waals surface area contributed by atoms with Crippen LogP contribution in [0.15, 0.2) is 52.2 Å². The molecule has 4 heterocycles. The number of halogens is 2. The van der Waals surface area contributed by atoms with Crippen LogP contribution >= 0.6 is 11.6 Å². The fourth-order valence-corrected chi connectivity index (χ4v) is 5.24. The predicted octanol–water partition coefficient (Wildman–Crippen LogP) is 5.30. The lowest BCUT2D eigenvalue weighted by atomic mass is 9.89. The summed E-state index contributed by atoms with van der Waals surface area (Å²) < 4.78 is 24.3. The minimum absolute atomic E-state index is 0.00183. The van der Waals surface area contributed by atoms with Crippen LogP contribution in [0, 0.1) is 19.7 Å². The number of fused-ring (bicyclic) bond motifs is 1. The molecule has 4 aromatic rings. The van der Waals surface area contributed by atoms with Gasteiger partial charge in [-0.15, -0.1) is 0 Å². The van der Waals surface area contributed by atoms with Crippen molar-refractivity contribution in [1.29, 1.82) is 0 Å². The maximum Gasteiger partial charge on any atom is 0.277 e. The van der Waals surface area contributed by atoms with E-state index in [1.165, 1.54) is 10.6 Å². The number of benzene rings is 1. The van der Waals surface area contributed by atoms with Gasteiger partial charge in [-0.2, -0.15) is 9.61 Å². The molecule has 0 radical (unpaired) electrons. The molecular weight excluding hydrogens is 495 g/mol. The molecule has 1 saturated carbocycles. The number of hydrogen-bond donors (Lipinski definition) is 0. The number of rotatable bonds is 4. The molecule has 1 saturated heterocycles. The van der Waals surface area contributed by atoms with E-state index in [-0.39, 0.29) is 34.2 Å². The van der Waals surface area contributed by atoms with Crippen LogP contribution < -0.4 is 11.1 Å². The molecule has 0 bridgehead atoms. The van der Waals surface area contributed by atoms with Crippen molar-refractivity contribution in [2.45, 2.75) is 57.6 Å². The Balaban J connectivity index is 1.45. The van der Waals surface area contributed by atoms with Crippen LogP contribution in [-0.2, 0) is 4.74 Å². The quantitative estimate of drug-likeness (QED) is 0.365. The molecule has 2 aliphatic rings. The molecule has 0 N–H and O–H groups in total. The average molecular weight is 521 g/mol. The van der Waals surface area contributed by atoms with Crippen molar-refractivity contribution in [2.24, 2.45) is 0 Å². The lowest BCUT2D eigenvalue weighted by Crippen LogP contribution is -2.26. The van der Waals surface area contributed by atoms with E-state index in [2.05, 4.69) is 4.98 Å². The maximum atomic E-state index is 15.1. The van der Waals surface area contributed by atoms with Gasteiger partial charge in [0.2, 0.25) is 0 Å². The predicted molar refractivity (Wildman–Crippen MR) is 139 cm³/mol. The Labute approximate surface area is 217 Å². The molecule has 6 rings (SSSR count). The Morgan fingerprint density at radius 1 is 1.05 bits per heavy atom. The van der Waals surface area contributed by atoms with E-state index in [0.29, 0.717) is 53.2 Å². The summed E-state index contributed by atoms with van der Waals surface area (Å²) in [5.41, 5.74) is 3.52. The smallest absolute Gasteiger partial charge is 0.277 e. The normalized spacial score (nSPS) is 19.9. The highest BCUT2D eigenvalue weighted by Gasteiger charge is 2.30. The van der Waals surface area contributed by atoms with Crippen LogP contribution in [0.4, 0.5) is 4.39 Å². The topological polar surface area (TPSA) is 78.5 Å². The maximum absolute atomic E-state index is 15.1. The number of nitrogens with zero attached hydrogens (tertiary/aromatic N) is 4. The highest BCUT2D eigenvalue weighted by molar-refractivity contribution is 6.30. The molecule has 1 aliphatic carbocycles. The van der Waals surface area contributed by atoms with Gasteiger partial charge in [-0.1, -0.05) is 11.6 Å². The Morgan fingerprint density at radius 2 is 1.86 bits per heavy atom. The van der Waals surface area contributed by atoms with Crippen LogP contribution in [0.2, 0.25) is 5.02 Å². The number of aryl methyl sites for hydroxylation is 1. The first kappa shape index (κ1) is 24.0. The summed E-state index contributed by atoms with van der Waals surface area (Å²) in [4.78, 5) is 30.1. The Bertz CT molecular complexity index is 1660. The van der Waals surface area contributed by atoms with Gasteiger partial charge >= 0.3 is 0 Å². The zero-order valence-electron chi connectivity index (χ0n) is 20.6. The largest absolute Gasteiger partial charge is 0.373 e.